The molecular formula is C18H28F3N3O5. The second-order valence-corrected chi connectivity index (χ2v) is 8.21. The quantitative estimate of drug-likeness (QED) is 0.699. The molecule has 2 saturated heterocycles. The van der Waals surface area contributed by atoms with Gasteiger partial charge in [-0.15, -0.1) is 0 Å². The number of ether oxygens (including phenoxy) is 1. The third-order valence-corrected chi connectivity index (χ3v) is 5.32. The summed E-state index contributed by atoms with van der Waals surface area (Å²) in [5.41, 5.74) is -0.261. The molecule has 11 heteroatoms. The summed E-state index contributed by atoms with van der Waals surface area (Å²) in [6, 6.07) is -0.0968. The molecule has 1 saturated carbocycles. The third-order valence-electron chi connectivity index (χ3n) is 5.32. The lowest BCUT2D eigenvalue weighted by Crippen LogP contribution is -2.73. The van der Waals surface area contributed by atoms with E-state index in [-0.39, 0.29) is 29.5 Å². The summed E-state index contributed by atoms with van der Waals surface area (Å²) in [4.78, 5) is 37.2. The molecule has 29 heavy (non-hydrogen) atoms. The van der Waals surface area contributed by atoms with Crippen LogP contribution >= 0.6 is 0 Å². The van der Waals surface area contributed by atoms with Crippen LogP contribution in [0.25, 0.3) is 0 Å². The number of carbonyl (C=O) groups is 3. The number of halogens is 3. The minimum atomic E-state index is -5.08. The Hall–Kier alpha value is -1.88. The monoisotopic (exact) mass is 423 g/mol. The maximum atomic E-state index is 12.2. The molecule has 2 heterocycles. The highest BCUT2D eigenvalue weighted by Gasteiger charge is 2.52. The number of morpholine rings is 1. The Labute approximate surface area is 167 Å². The standard InChI is InChI=1S/C16H27N3O3.C2HF3O2/c1-11(2)17-14(20)13-7-22-16(8-18(13)3)9-19(10-16)15(21)12-5-4-6-12;3-2(4,5)1(6)7/h11-13H,4-10H2,1-3H3,(H,17,20);(H,6,7). The number of hydrogen-bond donors (Lipinski definition) is 2. The molecule has 3 rings (SSSR count). The van der Waals surface area contributed by atoms with Gasteiger partial charge in [-0.05, 0) is 33.7 Å². The molecule has 0 aromatic carbocycles. The van der Waals surface area contributed by atoms with Crippen molar-refractivity contribution < 1.29 is 37.4 Å². The van der Waals surface area contributed by atoms with Gasteiger partial charge in [-0.25, -0.2) is 4.79 Å². The highest BCUT2D eigenvalue weighted by atomic mass is 19.4. The zero-order chi connectivity index (χ0) is 22.0. The number of likely N-dealkylation sites (N-methyl/N-ethyl adjacent to an activating group) is 1. The van der Waals surface area contributed by atoms with E-state index in [4.69, 9.17) is 14.6 Å². The number of likely N-dealkylation sites (tertiary alicyclic amines) is 1. The predicted molar refractivity (Wildman–Crippen MR) is 96.0 cm³/mol. The van der Waals surface area contributed by atoms with Crippen LogP contribution in [0.1, 0.15) is 33.1 Å². The van der Waals surface area contributed by atoms with Crippen LogP contribution in [0.15, 0.2) is 0 Å². The van der Waals surface area contributed by atoms with Gasteiger partial charge in [0.2, 0.25) is 11.8 Å². The lowest BCUT2D eigenvalue weighted by Gasteiger charge is -2.55. The number of amides is 2. The number of carboxylic acids is 1. The molecule has 0 bridgehead atoms. The van der Waals surface area contributed by atoms with Gasteiger partial charge in [0.1, 0.15) is 11.6 Å². The minimum absolute atomic E-state index is 0.0223. The Morgan fingerprint density at radius 1 is 1.17 bits per heavy atom. The molecule has 3 fully saturated rings. The number of aliphatic carboxylic acids is 1. The van der Waals surface area contributed by atoms with E-state index in [1.165, 1.54) is 6.42 Å². The first kappa shape index (κ1) is 23.4. The van der Waals surface area contributed by atoms with E-state index in [2.05, 4.69) is 10.2 Å². The minimum Gasteiger partial charge on any atom is -0.475 e. The van der Waals surface area contributed by atoms with Crippen molar-refractivity contribution in [3.63, 3.8) is 0 Å². The third kappa shape index (κ3) is 5.81. The number of hydrogen-bond acceptors (Lipinski definition) is 5. The number of carboxylic acid groups (broad SMARTS) is 1. The molecule has 1 atom stereocenters. The first-order valence-electron chi connectivity index (χ1n) is 9.58. The first-order chi connectivity index (χ1) is 13.3. The van der Waals surface area contributed by atoms with Gasteiger partial charge in [-0.3, -0.25) is 14.5 Å². The fourth-order valence-corrected chi connectivity index (χ4v) is 3.56. The molecule has 0 aromatic rings. The number of nitrogens with zero attached hydrogens (tertiary/aromatic N) is 2. The van der Waals surface area contributed by atoms with Crippen LogP contribution < -0.4 is 5.32 Å². The first-order valence-corrected chi connectivity index (χ1v) is 9.58. The van der Waals surface area contributed by atoms with Crippen LogP contribution in [-0.4, -0.2) is 89.8 Å². The lowest BCUT2D eigenvalue weighted by atomic mass is 9.81. The Kier molecular flexibility index (Phi) is 7.15. The zero-order valence-electron chi connectivity index (χ0n) is 16.8. The van der Waals surface area contributed by atoms with E-state index in [0.717, 1.165) is 12.8 Å². The highest BCUT2D eigenvalue weighted by Crippen LogP contribution is 2.35. The molecule has 3 aliphatic rings. The number of alkyl halides is 3. The van der Waals surface area contributed by atoms with Crippen LogP contribution in [-0.2, 0) is 19.1 Å². The number of carbonyl (C=O) groups excluding carboxylic acids is 2. The van der Waals surface area contributed by atoms with E-state index in [9.17, 15) is 22.8 Å². The predicted octanol–water partition coefficient (Wildman–Crippen LogP) is 0.856. The summed E-state index contributed by atoms with van der Waals surface area (Å²) >= 11 is 0. The SMILES string of the molecule is CC(C)NC(=O)C1COC2(CN(C(=O)C3CCC3)C2)CN1C.O=C(O)C(F)(F)F. The van der Waals surface area contributed by atoms with Crippen LogP contribution in [0, 0.1) is 5.92 Å². The van der Waals surface area contributed by atoms with E-state index in [0.29, 0.717) is 32.1 Å². The molecule has 1 aliphatic carbocycles. The fourth-order valence-electron chi connectivity index (χ4n) is 3.56. The molecule has 1 unspecified atom stereocenters. The Bertz CT molecular complexity index is 631. The summed E-state index contributed by atoms with van der Waals surface area (Å²) in [7, 11) is 1.96. The van der Waals surface area contributed by atoms with E-state index in [1.54, 1.807) is 0 Å². The highest BCUT2D eigenvalue weighted by molar-refractivity contribution is 5.82. The van der Waals surface area contributed by atoms with Gasteiger partial charge in [0.25, 0.3) is 0 Å². The van der Waals surface area contributed by atoms with Gasteiger partial charge >= 0.3 is 12.1 Å². The summed E-state index contributed by atoms with van der Waals surface area (Å²) in [6.45, 7) is 6.37. The molecule has 0 radical (unpaired) electrons. The summed E-state index contributed by atoms with van der Waals surface area (Å²) < 4.78 is 37.7. The second-order valence-electron chi connectivity index (χ2n) is 8.21. The second kappa shape index (κ2) is 8.86. The molecule has 2 N–H and O–H groups in total. The maximum absolute atomic E-state index is 12.2. The van der Waals surface area contributed by atoms with Crippen molar-refractivity contribution in [2.45, 2.75) is 57.0 Å². The zero-order valence-corrected chi connectivity index (χ0v) is 16.8. The van der Waals surface area contributed by atoms with Gasteiger partial charge < -0.3 is 20.1 Å². The van der Waals surface area contributed by atoms with Gasteiger partial charge in [0.05, 0.1) is 19.7 Å². The summed E-state index contributed by atoms with van der Waals surface area (Å²) in [6.07, 6.45) is -1.82. The van der Waals surface area contributed by atoms with Crippen LogP contribution in [0.5, 0.6) is 0 Å². The molecule has 2 aliphatic heterocycles. The fraction of sp³-hybridized carbons (Fsp3) is 0.833. The van der Waals surface area contributed by atoms with Crippen molar-refractivity contribution in [3.05, 3.63) is 0 Å². The average molecular weight is 423 g/mol. The molecule has 8 nitrogen and oxygen atoms in total. The van der Waals surface area contributed by atoms with Crippen molar-refractivity contribution in [1.82, 2.24) is 15.1 Å². The van der Waals surface area contributed by atoms with Crippen LogP contribution in [0.3, 0.4) is 0 Å². The van der Waals surface area contributed by atoms with E-state index < -0.39 is 12.1 Å². The van der Waals surface area contributed by atoms with Gasteiger partial charge in [-0.1, -0.05) is 6.42 Å². The normalized spacial score (nSPS) is 24.2. The summed E-state index contributed by atoms with van der Waals surface area (Å²) in [5.74, 6) is -2.19. The van der Waals surface area contributed by atoms with Crippen molar-refractivity contribution in [2.75, 3.05) is 33.3 Å². The summed E-state index contributed by atoms with van der Waals surface area (Å²) in [5, 5.41) is 10.1. The van der Waals surface area contributed by atoms with Crippen molar-refractivity contribution in [1.29, 1.82) is 0 Å². The van der Waals surface area contributed by atoms with E-state index >= 15 is 0 Å². The van der Waals surface area contributed by atoms with Gasteiger partial charge in [0, 0.05) is 18.5 Å². The Morgan fingerprint density at radius 2 is 1.72 bits per heavy atom. The molecule has 2 amide bonds. The van der Waals surface area contributed by atoms with Crippen molar-refractivity contribution >= 4 is 17.8 Å². The average Bonchev–Trinajstić information content (AvgIpc) is 2.49. The van der Waals surface area contributed by atoms with Crippen LogP contribution in [0.4, 0.5) is 13.2 Å². The van der Waals surface area contributed by atoms with E-state index in [1.807, 2.05) is 25.8 Å². The Balaban J connectivity index is 0.000000370. The number of rotatable bonds is 3. The smallest absolute Gasteiger partial charge is 0.475 e. The number of nitrogens with one attached hydrogen (secondary N) is 1. The van der Waals surface area contributed by atoms with Crippen LogP contribution in [0.2, 0.25) is 0 Å². The van der Waals surface area contributed by atoms with Gasteiger partial charge in [0.15, 0.2) is 0 Å². The van der Waals surface area contributed by atoms with Gasteiger partial charge in [-0.2, -0.15) is 13.2 Å². The molecule has 1 spiro atoms. The molecule has 166 valence electrons. The van der Waals surface area contributed by atoms with Crippen molar-refractivity contribution in [3.8, 4) is 0 Å². The topological polar surface area (TPSA) is 99.2 Å². The largest absolute Gasteiger partial charge is 0.490 e. The molecule has 0 aromatic heterocycles. The van der Waals surface area contributed by atoms with Crippen molar-refractivity contribution in [2.24, 2.45) is 5.92 Å². The Morgan fingerprint density at radius 3 is 2.10 bits per heavy atom. The molecular weight excluding hydrogens is 395 g/mol. The lowest BCUT2D eigenvalue weighted by molar-refractivity contribution is -0.204. The maximum Gasteiger partial charge on any atom is 0.490 e.